The van der Waals surface area contributed by atoms with Gasteiger partial charge in [-0.25, -0.2) is 14.7 Å². The van der Waals surface area contributed by atoms with E-state index in [1.54, 1.807) is 13.2 Å². The van der Waals surface area contributed by atoms with Crippen molar-refractivity contribution < 1.29 is 9.84 Å². The average Bonchev–Trinajstić information content (AvgIpc) is 3.09. The molecule has 0 amide bonds. The van der Waals surface area contributed by atoms with Crippen LogP contribution in [0.5, 0.6) is 11.5 Å². The summed E-state index contributed by atoms with van der Waals surface area (Å²) in [5, 5.41) is 21.5. The largest absolute Gasteiger partial charge is 0.504 e. The number of aryl methyl sites for hydroxylation is 2. The van der Waals surface area contributed by atoms with Crippen LogP contribution in [0.3, 0.4) is 0 Å². The van der Waals surface area contributed by atoms with E-state index in [2.05, 4.69) is 32.6 Å². The minimum atomic E-state index is 0.136. The van der Waals surface area contributed by atoms with Crippen LogP contribution in [-0.4, -0.2) is 45.5 Å². The van der Waals surface area contributed by atoms with Crippen LogP contribution in [-0.2, 0) is 25.9 Å². The van der Waals surface area contributed by atoms with Crippen molar-refractivity contribution in [3.05, 3.63) is 35.4 Å². The summed E-state index contributed by atoms with van der Waals surface area (Å²) in [5.41, 5.74) is 0.723. The normalized spacial score (nSPS) is 16.7. The molecule has 1 aliphatic rings. The van der Waals surface area contributed by atoms with Crippen molar-refractivity contribution >= 4 is 5.96 Å². The molecule has 0 saturated heterocycles. The van der Waals surface area contributed by atoms with E-state index in [0.717, 1.165) is 55.5 Å². The number of rotatable bonds is 6. The topological polar surface area (TPSA) is 96.6 Å². The van der Waals surface area contributed by atoms with Gasteiger partial charge in [-0.1, -0.05) is 19.1 Å². The van der Waals surface area contributed by atoms with Gasteiger partial charge in [0.05, 0.1) is 20.2 Å². The Hall–Kier alpha value is -2.77. The molecule has 0 spiro atoms. The number of para-hydroxylation sites is 1. The zero-order valence-corrected chi connectivity index (χ0v) is 16.2. The first-order valence-corrected chi connectivity index (χ1v) is 9.46. The Kier molecular flexibility index (Phi) is 6.16. The van der Waals surface area contributed by atoms with Crippen molar-refractivity contribution in [1.29, 1.82) is 0 Å². The summed E-state index contributed by atoms with van der Waals surface area (Å²) < 4.78 is 7.16. The number of phenols is 1. The lowest BCUT2D eigenvalue weighted by atomic mass is 10.1. The monoisotopic (exact) mass is 372 g/mol. The second-order valence-electron chi connectivity index (χ2n) is 6.52. The van der Waals surface area contributed by atoms with E-state index < -0.39 is 0 Å². The first-order chi connectivity index (χ1) is 13.1. The van der Waals surface area contributed by atoms with Crippen LogP contribution in [0.4, 0.5) is 0 Å². The predicted molar refractivity (Wildman–Crippen MR) is 104 cm³/mol. The number of hydrogen-bond donors (Lipinski definition) is 3. The molecule has 2 heterocycles. The Balaban J connectivity index is 1.68. The summed E-state index contributed by atoms with van der Waals surface area (Å²) in [6.45, 7) is 6.00. The molecule has 0 fully saturated rings. The predicted octanol–water partition coefficient (Wildman–Crippen LogP) is 1.62. The maximum atomic E-state index is 10.2. The molecule has 0 saturated carbocycles. The minimum Gasteiger partial charge on any atom is -0.504 e. The smallest absolute Gasteiger partial charge is 0.191 e. The number of guanidine groups is 1. The van der Waals surface area contributed by atoms with Crippen LogP contribution in [0, 0.1) is 0 Å². The summed E-state index contributed by atoms with van der Waals surface area (Å²) in [5.74, 6) is 3.28. The zero-order chi connectivity index (χ0) is 19.2. The van der Waals surface area contributed by atoms with E-state index in [1.165, 1.54) is 0 Å². The molecule has 1 atom stereocenters. The molecular formula is C19H28N6O2. The van der Waals surface area contributed by atoms with Gasteiger partial charge in [0.1, 0.15) is 5.82 Å². The lowest BCUT2D eigenvalue weighted by molar-refractivity contribution is 0.370. The van der Waals surface area contributed by atoms with E-state index in [1.807, 2.05) is 23.7 Å². The van der Waals surface area contributed by atoms with Crippen molar-refractivity contribution in [2.24, 2.45) is 4.99 Å². The van der Waals surface area contributed by atoms with Gasteiger partial charge < -0.3 is 20.5 Å². The molecule has 3 N–H and O–H groups in total. The first-order valence-electron chi connectivity index (χ1n) is 9.46. The highest BCUT2D eigenvalue weighted by Gasteiger charge is 2.22. The molecule has 1 unspecified atom stereocenters. The highest BCUT2D eigenvalue weighted by molar-refractivity contribution is 5.80. The number of hydrogen-bond acceptors (Lipinski definition) is 5. The summed E-state index contributed by atoms with van der Waals surface area (Å²) in [4.78, 5) is 9.18. The van der Waals surface area contributed by atoms with Crippen LogP contribution in [0.2, 0.25) is 0 Å². The van der Waals surface area contributed by atoms with Crippen molar-refractivity contribution in [1.82, 2.24) is 25.4 Å². The molecule has 0 aliphatic carbocycles. The van der Waals surface area contributed by atoms with Gasteiger partial charge >= 0.3 is 0 Å². The molecule has 146 valence electrons. The van der Waals surface area contributed by atoms with Gasteiger partial charge in [0.15, 0.2) is 23.3 Å². The van der Waals surface area contributed by atoms with Gasteiger partial charge in [-0.05, 0) is 19.4 Å². The van der Waals surface area contributed by atoms with Gasteiger partial charge in [-0.2, -0.15) is 5.10 Å². The average molecular weight is 372 g/mol. The summed E-state index contributed by atoms with van der Waals surface area (Å²) in [6.07, 6.45) is 2.74. The van der Waals surface area contributed by atoms with Gasteiger partial charge in [0.25, 0.3) is 0 Å². The first kappa shape index (κ1) is 19.0. The number of methoxy groups -OCH3 is 1. The number of phenolic OH excluding ortho intramolecular Hbond substituents is 1. The standard InChI is InChI=1S/C19H28N6O2/c1-4-16-23-17-10-9-14(12-25(17)24-16)22-19(20-5-2)21-11-13-7-6-8-15(27-3)18(13)26/h6-8,14,26H,4-5,9-12H2,1-3H3,(H2,20,21,22). The van der Waals surface area contributed by atoms with Gasteiger partial charge in [-0.3, -0.25) is 0 Å². The quantitative estimate of drug-likeness (QED) is 0.527. The fourth-order valence-corrected chi connectivity index (χ4v) is 3.17. The van der Waals surface area contributed by atoms with E-state index in [4.69, 9.17) is 4.74 Å². The Morgan fingerprint density at radius 1 is 1.41 bits per heavy atom. The van der Waals surface area contributed by atoms with Crippen molar-refractivity contribution in [3.8, 4) is 11.5 Å². The van der Waals surface area contributed by atoms with Crippen LogP contribution in [0.15, 0.2) is 23.2 Å². The third-order valence-corrected chi connectivity index (χ3v) is 4.61. The van der Waals surface area contributed by atoms with E-state index in [0.29, 0.717) is 12.3 Å². The Morgan fingerprint density at radius 3 is 3.00 bits per heavy atom. The van der Waals surface area contributed by atoms with Crippen LogP contribution >= 0.6 is 0 Å². The molecule has 8 nitrogen and oxygen atoms in total. The van der Waals surface area contributed by atoms with Crippen molar-refractivity contribution in [2.75, 3.05) is 13.7 Å². The van der Waals surface area contributed by atoms with Crippen LogP contribution in [0.1, 0.15) is 37.5 Å². The molecule has 0 radical (unpaired) electrons. The van der Waals surface area contributed by atoms with Crippen molar-refractivity contribution in [3.63, 3.8) is 0 Å². The molecule has 1 aromatic heterocycles. The van der Waals surface area contributed by atoms with Crippen molar-refractivity contribution in [2.45, 2.75) is 52.2 Å². The second-order valence-corrected chi connectivity index (χ2v) is 6.52. The Labute approximate surface area is 159 Å². The lowest BCUT2D eigenvalue weighted by Crippen LogP contribution is -2.47. The van der Waals surface area contributed by atoms with E-state index in [9.17, 15) is 5.11 Å². The molecule has 1 aliphatic heterocycles. The number of benzene rings is 1. The van der Waals surface area contributed by atoms with Crippen LogP contribution in [0.25, 0.3) is 0 Å². The zero-order valence-electron chi connectivity index (χ0n) is 16.2. The highest BCUT2D eigenvalue weighted by atomic mass is 16.5. The fourth-order valence-electron chi connectivity index (χ4n) is 3.17. The molecule has 3 rings (SSSR count). The maximum absolute atomic E-state index is 10.2. The number of nitrogens with one attached hydrogen (secondary N) is 2. The number of nitrogens with zero attached hydrogens (tertiary/aromatic N) is 4. The number of fused-ring (bicyclic) bond motifs is 1. The SMILES string of the molecule is CCNC(=NCc1cccc(OC)c1O)NC1CCc2nc(CC)nn2C1. The van der Waals surface area contributed by atoms with Gasteiger partial charge in [0, 0.05) is 31.0 Å². The van der Waals surface area contributed by atoms with Gasteiger partial charge in [0.2, 0.25) is 0 Å². The van der Waals surface area contributed by atoms with E-state index >= 15 is 0 Å². The molecular weight excluding hydrogens is 344 g/mol. The lowest BCUT2D eigenvalue weighted by Gasteiger charge is -2.25. The second kappa shape index (κ2) is 8.75. The summed E-state index contributed by atoms with van der Waals surface area (Å²) in [6, 6.07) is 5.66. The molecule has 27 heavy (non-hydrogen) atoms. The number of aromatic hydroxyl groups is 1. The number of aromatic nitrogens is 3. The van der Waals surface area contributed by atoms with Crippen LogP contribution < -0.4 is 15.4 Å². The van der Waals surface area contributed by atoms with Gasteiger partial charge in [-0.15, -0.1) is 0 Å². The Bertz CT molecular complexity index is 801. The van der Waals surface area contributed by atoms with E-state index in [-0.39, 0.29) is 11.8 Å². The number of aliphatic imine (C=N–C) groups is 1. The molecule has 1 aromatic carbocycles. The molecule has 2 aromatic rings. The third kappa shape index (κ3) is 4.50. The maximum Gasteiger partial charge on any atom is 0.191 e. The highest BCUT2D eigenvalue weighted by Crippen LogP contribution is 2.29. The number of ether oxygens (including phenoxy) is 1. The summed E-state index contributed by atoms with van der Waals surface area (Å²) >= 11 is 0. The third-order valence-electron chi connectivity index (χ3n) is 4.61. The Morgan fingerprint density at radius 2 is 2.26 bits per heavy atom. The molecule has 0 bridgehead atoms. The molecule has 8 heteroatoms. The summed E-state index contributed by atoms with van der Waals surface area (Å²) in [7, 11) is 1.54. The fraction of sp³-hybridized carbons (Fsp3) is 0.526. The minimum absolute atomic E-state index is 0.136.